The van der Waals surface area contributed by atoms with E-state index < -0.39 is 43.2 Å². The van der Waals surface area contributed by atoms with Crippen molar-refractivity contribution in [3.63, 3.8) is 0 Å². The van der Waals surface area contributed by atoms with Crippen LogP contribution in [0.15, 0.2) is 17.0 Å². The highest BCUT2D eigenvalue weighted by atomic mass is 32.2. The molecule has 0 saturated carbocycles. The number of nitro groups is 1. The van der Waals surface area contributed by atoms with Gasteiger partial charge in [-0.1, -0.05) is 0 Å². The number of carboxylic acids is 1. The molecule has 1 saturated heterocycles. The predicted molar refractivity (Wildman–Crippen MR) is 72.3 cm³/mol. The van der Waals surface area contributed by atoms with Crippen molar-refractivity contribution in [1.82, 2.24) is 4.31 Å². The highest BCUT2D eigenvalue weighted by Gasteiger charge is 2.37. The summed E-state index contributed by atoms with van der Waals surface area (Å²) in [4.78, 5) is 20.3. The van der Waals surface area contributed by atoms with Gasteiger partial charge in [0.15, 0.2) is 0 Å². The summed E-state index contributed by atoms with van der Waals surface area (Å²) in [6.07, 6.45) is 0.144. The second-order valence-corrected chi connectivity index (χ2v) is 6.93. The maximum atomic E-state index is 13.7. The fourth-order valence-electron chi connectivity index (χ4n) is 2.28. The van der Waals surface area contributed by atoms with Gasteiger partial charge in [0, 0.05) is 19.2 Å². The van der Waals surface area contributed by atoms with E-state index in [1.807, 2.05) is 0 Å². The van der Waals surface area contributed by atoms with Gasteiger partial charge in [0.2, 0.25) is 10.0 Å². The van der Waals surface area contributed by atoms with Crippen LogP contribution in [-0.4, -0.2) is 41.8 Å². The van der Waals surface area contributed by atoms with E-state index in [1.54, 1.807) is 0 Å². The molecule has 1 heterocycles. The Morgan fingerprint density at radius 1 is 1.50 bits per heavy atom. The van der Waals surface area contributed by atoms with E-state index in [-0.39, 0.29) is 25.1 Å². The van der Waals surface area contributed by atoms with Gasteiger partial charge in [-0.05, 0) is 19.4 Å². The summed E-state index contributed by atoms with van der Waals surface area (Å²) in [5.41, 5.74) is -0.888. The molecule has 0 amide bonds. The van der Waals surface area contributed by atoms with Gasteiger partial charge in [-0.2, -0.15) is 4.31 Å². The summed E-state index contributed by atoms with van der Waals surface area (Å²) < 4.78 is 39.4. The van der Waals surface area contributed by atoms with Gasteiger partial charge in [0.1, 0.15) is 5.82 Å². The van der Waals surface area contributed by atoms with Gasteiger partial charge in [-0.3, -0.25) is 14.9 Å². The maximum absolute atomic E-state index is 13.7. The van der Waals surface area contributed by atoms with Crippen molar-refractivity contribution < 1.29 is 27.6 Å². The number of sulfonamides is 1. The van der Waals surface area contributed by atoms with Gasteiger partial charge in [0.25, 0.3) is 5.69 Å². The first-order chi connectivity index (χ1) is 10.1. The molecular formula is C12H13FN2O6S. The van der Waals surface area contributed by atoms with Gasteiger partial charge in [0.05, 0.1) is 21.3 Å². The molecule has 1 aromatic carbocycles. The molecule has 2 rings (SSSR count). The molecule has 1 unspecified atom stereocenters. The summed E-state index contributed by atoms with van der Waals surface area (Å²) in [7, 11) is -4.17. The van der Waals surface area contributed by atoms with Crippen LogP contribution >= 0.6 is 0 Å². The molecule has 0 aromatic heterocycles. The topological polar surface area (TPSA) is 118 Å². The second kappa shape index (κ2) is 5.61. The van der Waals surface area contributed by atoms with E-state index >= 15 is 0 Å². The quantitative estimate of drug-likeness (QED) is 0.652. The number of nitrogens with zero attached hydrogens (tertiary/aromatic N) is 2. The Hall–Kier alpha value is -2.07. The van der Waals surface area contributed by atoms with Crippen LogP contribution < -0.4 is 0 Å². The molecule has 120 valence electrons. The van der Waals surface area contributed by atoms with E-state index in [1.165, 1.54) is 6.92 Å². The molecule has 10 heteroatoms. The zero-order valence-corrected chi connectivity index (χ0v) is 12.3. The molecule has 0 spiro atoms. The molecule has 1 fully saturated rings. The summed E-state index contributed by atoms with van der Waals surface area (Å²) >= 11 is 0. The summed E-state index contributed by atoms with van der Waals surface area (Å²) in [5.74, 6) is -2.94. The van der Waals surface area contributed by atoms with E-state index in [0.29, 0.717) is 6.07 Å². The molecule has 1 N–H and O–H groups in total. The molecule has 0 radical (unpaired) electrons. The van der Waals surface area contributed by atoms with Crippen molar-refractivity contribution in [1.29, 1.82) is 0 Å². The Labute approximate surface area is 125 Å². The SMILES string of the molecule is Cc1c(F)cc(S(=O)(=O)N2CCC(C(=O)O)C2)cc1[N+](=O)[O-]. The number of carboxylic acid groups (broad SMARTS) is 1. The second-order valence-electron chi connectivity index (χ2n) is 4.99. The maximum Gasteiger partial charge on any atom is 0.307 e. The summed E-state index contributed by atoms with van der Waals surface area (Å²) in [5, 5.41) is 19.8. The largest absolute Gasteiger partial charge is 0.481 e. The van der Waals surface area contributed by atoms with Gasteiger partial charge in [-0.15, -0.1) is 0 Å². The third-order valence-corrected chi connectivity index (χ3v) is 5.47. The number of nitro benzene ring substituents is 1. The lowest BCUT2D eigenvalue weighted by Crippen LogP contribution is -2.30. The molecule has 0 aliphatic carbocycles. The molecule has 0 bridgehead atoms. The van der Waals surface area contributed by atoms with Crippen molar-refractivity contribution in [3.8, 4) is 0 Å². The van der Waals surface area contributed by atoms with Crippen LogP contribution in [0.1, 0.15) is 12.0 Å². The van der Waals surface area contributed by atoms with E-state index in [0.717, 1.165) is 10.4 Å². The van der Waals surface area contributed by atoms with Crippen molar-refractivity contribution in [2.24, 2.45) is 5.92 Å². The third kappa shape index (κ3) is 2.79. The first kappa shape index (κ1) is 16.3. The smallest absolute Gasteiger partial charge is 0.307 e. The Morgan fingerprint density at radius 3 is 2.64 bits per heavy atom. The number of hydrogen-bond acceptors (Lipinski definition) is 5. The van der Waals surface area contributed by atoms with Crippen LogP contribution in [0.4, 0.5) is 10.1 Å². The summed E-state index contributed by atoms with van der Waals surface area (Å²) in [6, 6.07) is 1.51. The molecule has 8 nitrogen and oxygen atoms in total. The zero-order valence-electron chi connectivity index (χ0n) is 11.5. The Bertz CT molecular complexity index is 748. The number of carbonyl (C=O) groups is 1. The first-order valence-corrected chi connectivity index (χ1v) is 7.76. The minimum absolute atomic E-state index is 0.0252. The molecule has 1 aliphatic heterocycles. The Morgan fingerprint density at radius 2 is 2.14 bits per heavy atom. The van der Waals surface area contributed by atoms with Crippen molar-refractivity contribution in [2.45, 2.75) is 18.2 Å². The van der Waals surface area contributed by atoms with E-state index in [2.05, 4.69) is 0 Å². The normalized spacial score (nSPS) is 19.3. The fraction of sp³-hybridized carbons (Fsp3) is 0.417. The van der Waals surface area contributed by atoms with Crippen molar-refractivity contribution in [3.05, 3.63) is 33.6 Å². The van der Waals surface area contributed by atoms with Crippen LogP contribution in [0.3, 0.4) is 0 Å². The minimum Gasteiger partial charge on any atom is -0.481 e. The molecule has 1 aromatic rings. The lowest BCUT2D eigenvalue weighted by atomic mass is 10.1. The molecule has 1 atom stereocenters. The highest BCUT2D eigenvalue weighted by molar-refractivity contribution is 7.89. The number of aliphatic carboxylic acids is 1. The standard InChI is InChI=1S/C12H13FN2O6S/c1-7-10(13)4-9(5-11(7)15(18)19)22(20,21)14-3-2-8(6-14)12(16)17/h4-5,8H,2-3,6H2,1H3,(H,16,17). The van der Waals surface area contributed by atoms with Crippen LogP contribution in [0.2, 0.25) is 0 Å². The summed E-state index contributed by atoms with van der Waals surface area (Å²) in [6.45, 7) is 0.920. The van der Waals surface area contributed by atoms with Crippen LogP contribution in [0, 0.1) is 28.8 Å². The predicted octanol–water partition coefficient (Wildman–Crippen LogP) is 1.14. The van der Waals surface area contributed by atoms with Gasteiger partial charge >= 0.3 is 5.97 Å². The lowest BCUT2D eigenvalue weighted by molar-refractivity contribution is -0.385. The Kier molecular flexibility index (Phi) is 4.16. The van der Waals surface area contributed by atoms with Gasteiger partial charge in [-0.25, -0.2) is 12.8 Å². The number of benzene rings is 1. The number of rotatable bonds is 4. The van der Waals surface area contributed by atoms with Crippen molar-refractivity contribution in [2.75, 3.05) is 13.1 Å². The monoisotopic (exact) mass is 332 g/mol. The van der Waals surface area contributed by atoms with E-state index in [4.69, 9.17) is 5.11 Å². The molecule has 22 heavy (non-hydrogen) atoms. The number of hydrogen-bond donors (Lipinski definition) is 1. The zero-order chi connectivity index (χ0) is 16.7. The molecule has 1 aliphatic rings. The Balaban J connectivity index is 2.43. The van der Waals surface area contributed by atoms with E-state index in [9.17, 15) is 27.7 Å². The number of halogens is 1. The average Bonchev–Trinajstić information content (AvgIpc) is 2.91. The lowest BCUT2D eigenvalue weighted by Gasteiger charge is -2.16. The van der Waals surface area contributed by atoms with Crippen LogP contribution in [0.5, 0.6) is 0 Å². The van der Waals surface area contributed by atoms with Crippen LogP contribution in [-0.2, 0) is 14.8 Å². The average molecular weight is 332 g/mol. The highest BCUT2D eigenvalue weighted by Crippen LogP contribution is 2.29. The first-order valence-electron chi connectivity index (χ1n) is 6.32. The minimum atomic E-state index is -4.17. The third-order valence-electron chi connectivity index (χ3n) is 3.63. The van der Waals surface area contributed by atoms with Crippen LogP contribution in [0.25, 0.3) is 0 Å². The fourth-order valence-corrected chi connectivity index (χ4v) is 3.81. The van der Waals surface area contributed by atoms with Gasteiger partial charge < -0.3 is 5.11 Å². The van der Waals surface area contributed by atoms with Crippen molar-refractivity contribution >= 4 is 21.7 Å². The molecular weight excluding hydrogens is 319 g/mol.